The number of hydrogen-bond donors (Lipinski definition) is 0. The van der Waals surface area contributed by atoms with Crippen molar-refractivity contribution in [2.45, 2.75) is 25.4 Å². The zero-order chi connectivity index (χ0) is 16.4. The predicted molar refractivity (Wildman–Crippen MR) is 94.3 cm³/mol. The van der Waals surface area contributed by atoms with Crippen LogP contribution in [0, 0.1) is 0 Å². The van der Waals surface area contributed by atoms with Crippen LogP contribution in [0.4, 0.5) is 0 Å². The van der Waals surface area contributed by atoms with Crippen LogP contribution >= 0.6 is 11.6 Å². The molecule has 0 spiro atoms. The molecule has 0 N–H and O–H groups in total. The van der Waals surface area contributed by atoms with Gasteiger partial charge < -0.3 is 4.57 Å². The van der Waals surface area contributed by atoms with E-state index in [9.17, 15) is 0 Å². The van der Waals surface area contributed by atoms with Crippen molar-refractivity contribution in [3.8, 4) is 5.69 Å². The molecule has 0 atom stereocenters. The van der Waals surface area contributed by atoms with Crippen molar-refractivity contribution in [3.05, 3.63) is 66.0 Å². The molecule has 1 saturated heterocycles. The Bertz CT molecular complexity index is 770. The van der Waals surface area contributed by atoms with E-state index in [4.69, 9.17) is 11.6 Å². The Labute approximate surface area is 146 Å². The molecule has 1 aliphatic heterocycles. The van der Waals surface area contributed by atoms with Gasteiger partial charge in [-0.25, -0.2) is 9.67 Å². The number of imidazole rings is 1. The van der Waals surface area contributed by atoms with Crippen LogP contribution in [-0.2, 0) is 6.54 Å². The van der Waals surface area contributed by atoms with Crippen molar-refractivity contribution >= 4 is 11.6 Å². The molecular weight excluding hydrogens is 322 g/mol. The topological polar surface area (TPSA) is 38.9 Å². The lowest BCUT2D eigenvalue weighted by molar-refractivity contribution is 0.179. The number of rotatable bonds is 4. The van der Waals surface area contributed by atoms with Crippen LogP contribution in [0.2, 0.25) is 5.02 Å². The van der Waals surface area contributed by atoms with E-state index in [1.807, 2.05) is 47.7 Å². The third kappa shape index (κ3) is 3.37. The quantitative estimate of drug-likeness (QED) is 0.728. The van der Waals surface area contributed by atoms with Crippen molar-refractivity contribution in [2.75, 3.05) is 13.1 Å². The van der Waals surface area contributed by atoms with Crippen molar-refractivity contribution < 1.29 is 0 Å². The normalized spacial score (nSPS) is 16.5. The summed E-state index contributed by atoms with van der Waals surface area (Å²) in [6.45, 7) is 3.16. The average Bonchev–Trinajstić information content (AvgIpc) is 3.28. The fourth-order valence-corrected chi connectivity index (χ4v) is 3.42. The summed E-state index contributed by atoms with van der Waals surface area (Å²) < 4.78 is 4.14. The minimum atomic E-state index is 0.584. The molecule has 0 bridgehead atoms. The minimum Gasteiger partial charge on any atom is -0.334 e. The zero-order valence-corrected chi connectivity index (χ0v) is 14.2. The highest BCUT2D eigenvalue weighted by molar-refractivity contribution is 6.30. The summed E-state index contributed by atoms with van der Waals surface area (Å²) in [7, 11) is 0. The van der Waals surface area contributed by atoms with Crippen molar-refractivity contribution in [3.63, 3.8) is 0 Å². The van der Waals surface area contributed by atoms with Crippen LogP contribution in [0.3, 0.4) is 0 Å². The van der Waals surface area contributed by atoms with Gasteiger partial charge in [0.05, 0.1) is 18.2 Å². The van der Waals surface area contributed by atoms with E-state index in [0.717, 1.165) is 30.3 Å². The van der Waals surface area contributed by atoms with Gasteiger partial charge in [0.2, 0.25) is 0 Å². The molecule has 1 fully saturated rings. The first-order chi connectivity index (χ1) is 11.8. The molecule has 2 aromatic heterocycles. The largest absolute Gasteiger partial charge is 0.334 e. The van der Waals surface area contributed by atoms with Crippen LogP contribution in [0.25, 0.3) is 5.69 Å². The van der Waals surface area contributed by atoms with E-state index < -0.39 is 0 Å². The number of halogens is 1. The summed E-state index contributed by atoms with van der Waals surface area (Å²) in [6.07, 6.45) is 12.2. The highest BCUT2D eigenvalue weighted by atomic mass is 35.5. The summed E-state index contributed by atoms with van der Waals surface area (Å²) in [5.41, 5.74) is 2.27. The second kappa shape index (κ2) is 6.79. The first kappa shape index (κ1) is 15.4. The molecule has 0 unspecified atom stereocenters. The first-order valence-corrected chi connectivity index (χ1v) is 8.65. The van der Waals surface area contributed by atoms with E-state index in [0.29, 0.717) is 6.04 Å². The first-order valence-electron chi connectivity index (χ1n) is 8.27. The number of piperidine rings is 1. The Kier molecular flexibility index (Phi) is 4.36. The molecule has 3 heterocycles. The Balaban J connectivity index is 1.36. The van der Waals surface area contributed by atoms with E-state index in [-0.39, 0.29) is 0 Å². The second-order valence-corrected chi connectivity index (χ2v) is 6.72. The van der Waals surface area contributed by atoms with Crippen LogP contribution in [0.5, 0.6) is 0 Å². The average molecular weight is 342 g/mol. The third-order valence-corrected chi connectivity index (χ3v) is 4.89. The van der Waals surface area contributed by atoms with Crippen LogP contribution < -0.4 is 0 Å². The number of benzene rings is 1. The Morgan fingerprint density at radius 2 is 1.92 bits per heavy atom. The lowest BCUT2D eigenvalue weighted by Crippen LogP contribution is -2.33. The number of aromatic nitrogens is 4. The Morgan fingerprint density at radius 1 is 1.12 bits per heavy atom. The van der Waals surface area contributed by atoms with Gasteiger partial charge in [-0.3, -0.25) is 4.90 Å². The summed E-state index contributed by atoms with van der Waals surface area (Å²) in [6, 6.07) is 8.32. The van der Waals surface area contributed by atoms with Gasteiger partial charge in [0.25, 0.3) is 0 Å². The van der Waals surface area contributed by atoms with Crippen LogP contribution in [0.1, 0.15) is 24.4 Å². The van der Waals surface area contributed by atoms with Gasteiger partial charge in [-0.05, 0) is 37.1 Å². The molecule has 24 heavy (non-hydrogen) atoms. The van der Waals surface area contributed by atoms with E-state index in [1.54, 1.807) is 0 Å². The lowest BCUT2D eigenvalue weighted by Gasteiger charge is -2.32. The molecule has 0 amide bonds. The van der Waals surface area contributed by atoms with Crippen molar-refractivity contribution in [1.82, 2.24) is 24.2 Å². The van der Waals surface area contributed by atoms with Crippen molar-refractivity contribution in [2.24, 2.45) is 0 Å². The molecule has 124 valence electrons. The molecule has 0 saturated carbocycles. The van der Waals surface area contributed by atoms with Gasteiger partial charge in [0, 0.05) is 54.9 Å². The van der Waals surface area contributed by atoms with E-state index >= 15 is 0 Å². The lowest BCUT2D eigenvalue weighted by atomic mass is 10.0. The van der Waals surface area contributed by atoms with Crippen LogP contribution in [-0.4, -0.2) is 37.3 Å². The number of hydrogen-bond acceptors (Lipinski definition) is 3. The monoisotopic (exact) mass is 341 g/mol. The molecule has 5 nitrogen and oxygen atoms in total. The minimum absolute atomic E-state index is 0.584. The summed E-state index contributed by atoms with van der Waals surface area (Å²) >= 11 is 5.94. The van der Waals surface area contributed by atoms with Gasteiger partial charge in [-0.15, -0.1) is 0 Å². The standard InChI is InChI=1S/C18H20ClN5/c19-16-1-3-18(4-2-16)24-13-15(11-21-24)12-22-8-5-17(6-9-22)23-10-7-20-14-23/h1-4,7,10-11,13-14,17H,5-6,8-9,12H2. The molecule has 1 aromatic carbocycles. The molecule has 0 radical (unpaired) electrons. The van der Waals surface area contributed by atoms with Gasteiger partial charge in [0.1, 0.15) is 0 Å². The summed E-state index contributed by atoms with van der Waals surface area (Å²) in [5.74, 6) is 0. The molecule has 6 heteroatoms. The Hall–Kier alpha value is -2.11. The molecule has 3 aromatic rings. The maximum Gasteiger partial charge on any atom is 0.0948 e. The van der Waals surface area contributed by atoms with Crippen LogP contribution in [0.15, 0.2) is 55.4 Å². The number of nitrogens with zero attached hydrogens (tertiary/aromatic N) is 5. The van der Waals surface area contributed by atoms with Gasteiger partial charge in [0.15, 0.2) is 0 Å². The van der Waals surface area contributed by atoms with E-state index in [1.165, 1.54) is 18.4 Å². The fourth-order valence-electron chi connectivity index (χ4n) is 3.30. The SMILES string of the molecule is Clc1ccc(-n2cc(CN3CCC(n4ccnc4)CC3)cn2)cc1. The highest BCUT2D eigenvalue weighted by Crippen LogP contribution is 2.23. The molecule has 4 rings (SSSR count). The fraction of sp³-hybridized carbons (Fsp3) is 0.333. The van der Waals surface area contributed by atoms with E-state index in [2.05, 4.69) is 31.9 Å². The van der Waals surface area contributed by atoms with Gasteiger partial charge >= 0.3 is 0 Å². The maximum atomic E-state index is 5.94. The smallest absolute Gasteiger partial charge is 0.0948 e. The number of likely N-dealkylation sites (tertiary alicyclic amines) is 1. The highest BCUT2D eigenvalue weighted by Gasteiger charge is 2.20. The molecule has 0 aliphatic carbocycles. The second-order valence-electron chi connectivity index (χ2n) is 6.29. The summed E-state index contributed by atoms with van der Waals surface area (Å²) in [4.78, 5) is 6.65. The third-order valence-electron chi connectivity index (χ3n) is 4.64. The van der Waals surface area contributed by atoms with Gasteiger partial charge in [-0.2, -0.15) is 5.10 Å². The molecular formula is C18H20ClN5. The summed E-state index contributed by atoms with van der Waals surface area (Å²) in [5, 5.41) is 5.21. The maximum absolute atomic E-state index is 5.94. The Morgan fingerprint density at radius 3 is 2.62 bits per heavy atom. The van der Waals surface area contributed by atoms with Gasteiger partial charge in [-0.1, -0.05) is 11.6 Å². The molecule has 1 aliphatic rings. The zero-order valence-electron chi connectivity index (χ0n) is 13.4. The predicted octanol–water partition coefficient (Wildman–Crippen LogP) is 3.56. The van der Waals surface area contributed by atoms with Crippen molar-refractivity contribution in [1.29, 1.82) is 0 Å².